The predicted octanol–water partition coefficient (Wildman–Crippen LogP) is 4.63. The number of aromatic nitrogens is 3. The van der Waals surface area contributed by atoms with E-state index >= 15 is 0 Å². The molecule has 30 heavy (non-hydrogen) atoms. The van der Waals surface area contributed by atoms with Gasteiger partial charge < -0.3 is 10.2 Å². The van der Waals surface area contributed by atoms with Crippen LogP contribution in [0.25, 0.3) is 0 Å². The van der Waals surface area contributed by atoms with Gasteiger partial charge in [-0.05, 0) is 37.8 Å². The topological polar surface area (TPSA) is 71.0 Å². The van der Waals surface area contributed by atoms with Crippen molar-refractivity contribution < 1.29 is 18.0 Å². The summed E-state index contributed by atoms with van der Waals surface area (Å²) in [6.45, 7) is 2.90. The highest BCUT2D eigenvalue weighted by Gasteiger charge is 2.31. The Morgan fingerprint density at radius 3 is 2.53 bits per heavy atom. The maximum Gasteiger partial charge on any atom is 0.416 e. The Bertz CT molecular complexity index is 929. The minimum Gasteiger partial charge on any atom is -0.342 e. The van der Waals surface area contributed by atoms with E-state index in [1.165, 1.54) is 0 Å². The van der Waals surface area contributed by atoms with Crippen LogP contribution in [0.4, 0.5) is 24.8 Å². The van der Waals surface area contributed by atoms with Crippen molar-refractivity contribution in [2.24, 2.45) is 0 Å². The van der Waals surface area contributed by atoms with Gasteiger partial charge in [0.25, 0.3) is 0 Å². The van der Waals surface area contributed by atoms with Crippen LogP contribution in [0.3, 0.4) is 0 Å². The van der Waals surface area contributed by atoms with Gasteiger partial charge >= 0.3 is 6.18 Å². The molecular weight excluding hydrogens is 395 g/mol. The molecule has 0 bridgehead atoms. The van der Waals surface area contributed by atoms with Crippen molar-refractivity contribution in [3.8, 4) is 0 Å². The molecule has 1 saturated heterocycles. The molecule has 1 atom stereocenters. The standard InChI is InChI=1S/C21H24F3N5O/c1-13(30)29-9-3-6-15(12-29)17-11-19(28-20(26-17)14-4-2-5-14)27-18-10-16(7-8-25-18)21(22,23)24/h7-8,10-11,14-15H,2-6,9,12H2,1H3,(H,25,26,27,28). The maximum atomic E-state index is 13.0. The van der Waals surface area contributed by atoms with Gasteiger partial charge in [-0.15, -0.1) is 0 Å². The molecule has 1 aliphatic heterocycles. The molecule has 0 radical (unpaired) electrons. The summed E-state index contributed by atoms with van der Waals surface area (Å²) >= 11 is 0. The quantitative estimate of drug-likeness (QED) is 0.783. The zero-order chi connectivity index (χ0) is 21.3. The third-order valence-electron chi connectivity index (χ3n) is 5.86. The SMILES string of the molecule is CC(=O)N1CCCC(c2cc(Nc3cc(C(F)(F)F)ccn3)nc(C3CCC3)n2)C1. The third kappa shape index (κ3) is 4.55. The first-order valence-electron chi connectivity index (χ1n) is 10.2. The van der Waals surface area contributed by atoms with Crippen molar-refractivity contribution in [3.05, 3.63) is 41.5 Å². The molecule has 1 unspecified atom stereocenters. The Morgan fingerprint density at radius 1 is 1.10 bits per heavy atom. The van der Waals surface area contributed by atoms with E-state index < -0.39 is 11.7 Å². The van der Waals surface area contributed by atoms with Crippen LogP contribution in [0.15, 0.2) is 24.4 Å². The molecule has 3 heterocycles. The average molecular weight is 419 g/mol. The largest absolute Gasteiger partial charge is 0.416 e. The summed E-state index contributed by atoms with van der Waals surface area (Å²) in [7, 11) is 0. The molecule has 4 rings (SSSR count). The Kier molecular flexibility index (Phi) is 5.62. The summed E-state index contributed by atoms with van der Waals surface area (Å²) in [5, 5.41) is 2.93. The number of hydrogen-bond acceptors (Lipinski definition) is 5. The van der Waals surface area contributed by atoms with Gasteiger partial charge in [0.2, 0.25) is 5.91 Å². The molecule has 1 saturated carbocycles. The number of pyridine rings is 1. The van der Waals surface area contributed by atoms with E-state index in [4.69, 9.17) is 4.98 Å². The number of nitrogens with zero attached hydrogens (tertiary/aromatic N) is 4. The Morgan fingerprint density at radius 2 is 1.87 bits per heavy atom. The van der Waals surface area contributed by atoms with E-state index in [9.17, 15) is 18.0 Å². The van der Waals surface area contributed by atoms with E-state index in [0.29, 0.717) is 18.2 Å². The highest BCUT2D eigenvalue weighted by atomic mass is 19.4. The number of amides is 1. The highest BCUT2D eigenvalue weighted by molar-refractivity contribution is 5.73. The van der Waals surface area contributed by atoms with Crippen LogP contribution in [0.5, 0.6) is 0 Å². The van der Waals surface area contributed by atoms with Crippen molar-refractivity contribution in [3.63, 3.8) is 0 Å². The fraction of sp³-hybridized carbons (Fsp3) is 0.524. The van der Waals surface area contributed by atoms with Gasteiger partial charge in [0.05, 0.1) is 11.3 Å². The minimum atomic E-state index is -4.44. The molecule has 0 spiro atoms. The smallest absolute Gasteiger partial charge is 0.342 e. The lowest BCUT2D eigenvalue weighted by Crippen LogP contribution is -2.38. The summed E-state index contributed by atoms with van der Waals surface area (Å²) in [5.41, 5.74) is 0.0604. The lowest BCUT2D eigenvalue weighted by Gasteiger charge is -2.32. The number of halogens is 3. The van der Waals surface area contributed by atoms with Crippen molar-refractivity contribution in [2.45, 2.75) is 57.0 Å². The summed E-state index contributed by atoms with van der Waals surface area (Å²) in [6, 6.07) is 3.69. The molecular formula is C21H24F3N5O. The molecule has 9 heteroatoms. The summed E-state index contributed by atoms with van der Waals surface area (Å²) < 4.78 is 39.1. The van der Waals surface area contributed by atoms with Gasteiger partial charge in [0, 0.05) is 44.1 Å². The number of alkyl halides is 3. The number of carbonyl (C=O) groups is 1. The predicted molar refractivity (Wildman–Crippen MR) is 105 cm³/mol. The molecule has 1 amide bonds. The second-order valence-electron chi connectivity index (χ2n) is 8.02. The third-order valence-corrected chi connectivity index (χ3v) is 5.86. The van der Waals surface area contributed by atoms with E-state index in [1.54, 1.807) is 13.0 Å². The lowest BCUT2D eigenvalue weighted by molar-refractivity contribution is -0.137. The number of carbonyl (C=O) groups excluding carboxylic acids is 1. The van der Waals surface area contributed by atoms with Gasteiger partial charge in [0.15, 0.2) is 0 Å². The number of rotatable bonds is 4. The molecule has 2 aliphatic rings. The van der Waals surface area contributed by atoms with Crippen LogP contribution >= 0.6 is 0 Å². The first kappa shape index (κ1) is 20.6. The summed E-state index contributed by atoms with van der Waals surface area (Å²) in [6.07, 6.45) is 1.64. The normalized spacial score (nSPS) is 20.0. The minimum absolute atomic E-state index is 0.0412. The van der Waals surface area contributed by atoms with Crippen LogP contribution in [0.2, 0.25) is 0 Å². The second kappa shape index (κ2) is 8.20. The Hall–Kier alpha value is -2.71. The average Bonchev–Trinajstić information content (AvgIpc) is 2.66. The fourth-order valence-corrected chi connectivity index (χ4v) is 3.92. The van der Waals surface area contributed by atoms with Gasteiger partial charge in [-0.2, -0.15) is 13.2 Å². The van der Waals surface area contributed by atoms with E-state index in [-0.39, 0.29) is 23.6 Å². The van der Waals surface area contributed by atoms with Crippen LogP contribution < -0.4 is 5.32 Å². The van der Waals surface area contributed by atoms with Crippen LogP contribution in [-0.4, -0.2) is 38.8 Å². The number of anilines is 2. The lowest BCUT2D eigenvalue weighted by atomic mass is 9.84. The monoisotopic (exact) mass is 419 g/mol. The zero-order valence-electron chi connectivity index (χ0n) is 16.7. The fourth-order valence-electron chi connectivity index (χ4n) is 3.92. The molecule has 2 aromatic rings. The number of nitrogens with one attached hydrogen (secondary N) is 1. The van der Waals surface area contributed by atoms with Crippen molar-refractivity contribution in [1.29, 1.82) is 0 Å². The van der Waals surface area contributed by atoms with Crippen LogP contribution in [-0.2, 0) is 11.0 Å². The first-order valence-corrected chi connectivity index (χ1v) is 10.2. The van der Waals surface area contributed by atoms with E-state index in [1.807, 2.05) is 4.90 Å². The highest BCUT2D eigenvalue weighted by Crippen LogP contribution is 2.37. The Balaban J connectivity index is 1.63. The molecule has 160 valence electrons. The number of piperidine rings is 1. The van der Waals surface area contributed by atoms with E-state index in [0.717, 1.165) is 62.7 Å². The molecule has 1 N–H and O–H groups in total. The maximum absolute atomic E-state index is 13.0. The van der Waals surface area contributed by atoms with Gasteiger partial charge in [-0.1, -0.05) is 6.42 Å². The molecule has 0 aromatic carbocycles. The van der Waals surface area contributed by atoms with Gasteiger partial charge in [0.1, 0.15) is 17.5 Å². The first-order chi connectivity index (χ1) is 14.3. The number of likely N-dealkylation sites (tertiary alicyclic amines) is 1. The van der Waals surface area contributed by atoms with Crippen LogP contribution in [0, 0.1) is 0 Å². The van der Waals surface area contributed by atoms with E-state index in [2.05, 4.69) is 15.3 Å². The van der Waals surface area contributed by atoms with Gasteiger partial charge in [-0.25, -0.2) is 15.0 Å². The molecule has 6 nitrogen and oxygen atoms in total. The second-order valence-corrected chi connectivity index (χ2v) is 8.02. The molecule has 2 aromatic heterocycles. The number of hydrogen-bond donors (Lipinski definition) is 1. The summed E-state index contributed by atoms with van der Waals surface area (Å²) in [4.78, 5) is 27.0. The molecule has 1 aliphatic carbocycles. The van der Waals surface area contributed by atoms with Crippen molar-refractivity contribution in [1.82, 2.24) is 19.9 Å². The summed E-state index contributed by atoms with van der Waals surface area (Å²) in [5.74, 6) is 1.64. The zero-order valence-corrected chi connectivity index (χ0v) is 16.7. The molecule has 2 fully saturated rings. The van der Waals surface area contributed by atoms with Gasteiger partial charge in [-0.3, -0.25) is 4.79 Å². The van der Waals surface area contributed by atoms with Crippen molar-refractivity contribution >= 4 is 17.5 Å². The van der Waals surface area contributed by atoms with Crippen LogP contribution in [0.1, 0.15) is 67.9 Å². The van der Waals surface area contributed by atoms with Crippen molar-refractivity contribution in [2.75, 3.05) is 18.4 Å². The Labute approximate surface area is 172 Å².